The summed E-state index contributed by atoms with van der Waals surface area (Å²) in [6.45, 7) is 3.42. The van der Waals surface area contributed by atoms with Crippen molar-refractivity contribution in [3.63, 3.8) is 0 Å². The molecule has 1 aliphatic heterocycles. The van der Waals surface area contributed by atoms with Gasteiger partial charge in [-0.25, -0.2) is 0 Å². The predicted octanol–water partition coefficient (Wildman–Crippen LogP) is 2.77. The maximum absolute atomic E-state index is 6.23. The van der Waals surface area contributed by atoms with E-state index in [0.717, 1.165) is 29.4 Å². The molecule has 3 rings (SSSR count). The highest BCUT2D eigenvalue weighted by Gasteiger charge is 2.38. The SMILES string of the molecule is CN(Cc1ccccc1Cl)[C@H]1C[C@H]2CNC[C@H]2C1. The van der Waals surface area contributed by atoms with E-state index in [4.69, 9.17) is 11.6 Å². The minimum atomic E-state index is 0.735. The second kappa shape index (κ2) is 5.20. The van der Waals surface area contributed by atoms with Gasteiger partial charge >= 0.3 is 0 Å². The van der Waals surface area contributed by atoms with Gasteiger partial charge in [0.1, 0.15) is 0 Å². The average Bonchev–Trinajstić information content (AvgIpc) is 2.92. The van der Waals surface area contributed by atoms with E-state index in [-0.39, 0.29) is 0 Å². The normalized spacial score (nSPS) is 30.9. The third kappa shape index (κ3) is 2.42. The summed E-state index contributed by atoms with van der Waals surface area (Å²) < 4.78 is 0. The Kier molecular flexibility index (Phi) is 3.60. The Bertz CT molecular complexity index is 409. The molecule has 18 heavy (non-hydrogen) atoms. The first-order chi connectivity index (χ1) is 8.74. The van der Waals surface area contributed by atoms with Gasteiger partial charge < -0.3 is 5.32 Å². The van der Waals surface area contributed by atoms with Crippen molar-refractivity contribution in [3.05, 3.63) is 34.9 Å². The fourth-order valence-electron chi connectivity index (χ4n) is 3.52. The summed E-state index contributed by atoms with van der Waals surface area (Å²) in [6, 6.07) is 8.92. The van der Waals surface area contributed by atoms with Crippen LogP contribution in [-0.2, 0) is 6.54 Å². The summed E-state index contributed by atoms with van der Waals surface area (Å²) in [5.41, 5.74) is 1.25. The molecular formula is C15H21ClN2. The van der Waals surface area contributed by atoms with Gasteiger partial charge in [0.25, 0.3) is 0 Å². The summed E-state index contributed by atoms with van der Waals surface area (Å²) in [5.74, 6) is 1.81. The molecule has 1 heterocycles. The molecule has 1 aromatic carbocycles. The number of nitrogens with zero attached hydrogens (tertiary/aromatic N) is 1. The molecule has 1 saturated heterocycles. The quantitative estimate of drug-likeness (QED) is 0.903. The Morgan fingerprint density at radius 2 is 1.89 bits per heavy atom. The van der Waals surface area contributed by atoms with Gasteiger partial charge in [-0.2, -0.15) is 0 Å². The standard InChI is InChI=1S/C15H21ClN2/c1-18(10-11-4-2-3-5-15(11)16)14-6-12-8-17-9-13(12)7-14/h2-5,12-14,17H,6-10H2,1H3/t12-,13+,14-. The number of hydrogen-bond donors (Lipinski definition) is 1. The van der Waals surface area contributed by atoms with E-state index < -0.39 is 0 Å². The van der Waals surface area contributed by atoms with E-state index in [1.807, 2.05) is 12.1 Å². The Hall–Kier alpha value is -0.570. The Labute approximate surface area is 114 Å². The van der Waals surface area contributed by atoms with Crippen LogP contribution in [0.5, 0.6) is 0 Å². The topological polar surface area (TPSA) is 15.3 Å². The number of hydrogen-bond acceptors (Lipinski definition) is 2. The van der Waals surface area contributed by atoms with Gasteiger partial charge in [0.05, 0.1) is 0 Å². The molecule has 1 N–H and O–H groups in total. The third-order valence-corrected chi connectivity index (χ3v) is 5.00. The van der Waals surface area contributed by atoms with Crippen molar-refractivity contribution in [1.82, 2.24) is 10.2 Å². The smallest absolute Gasteiger partial charge is 0.0451 e. The van der Waals surface area contributed by atoms with E-state index in [1.165, 1.54) is 31.5 Å². The predicted molar refractivity (Wildman–Crippen MR) is 75.8 cm³/mol. The van der Waals surface area contributed by atoms with Crippen LogP contribution in [0.4, 0.5) is 0 Å². The molecule has 0 aromatic heterocycles. The molecule has 0 bridgehead atoms. The van der Waals surface area contributed by atoms with Crippen LogP contribution >= 0.6 is 11.6 Å². The van der Waals surface area contributed by atoms with Crippen LogP contribution in [0.15, 0.2) is 24.3 Å². The average molecular weight is 265 g/mol. The number of halogens is 1. The van der Waals surface area contributed by atoms with Gasteiger partial charge in [0, 0.05) is 17.6 Å². The van der Waals surface area contributed by atoms with Crippen LogP contribution in [0.25, 0.3) is 0 Å². The molecule has 1 saturated carbocycles. The minimum Gasteiger partial charge on any atom is -0.316 e. The fourth-order valence-corrected chi connectivity index (χ4v) is 3.71. The zero-order valence-electron chi connectivity index (χ0n) is 10.9. The lowest BCUT2D eigenvalue weighted by Gasteiger charge is -2.25. The Morgan fingerprint density at radius 3 is 2.56 bits per heavy atom. The van der Waals surface area contributed by atoms with Gasteiger partial charge in [0.2, 0.25) is 0 Å². The van der Waals surface area contributed by atoms with Crippen molar-refractivity contribution < 1.29 is 0 Å². The first-order valence-electron chi connectivity index (χ1n) is 6.88. The fraction of sp³-hybridized carbons (Fsp3) is 0.600. The molecule has 2 nitrogen and oxygen atoms in total. The molecule has 98 valence electrons. The van der Waals surface area contributed by atoms with Crippen LogP contribution in [0.1, 0.15) is 18.4 Å². The maximum atomic E-state index is 6.23. The van der Waals surface area contributed by atoms with E-state index in [0.29, 0.717) is 0 Å². The Balaban J connectivity index is 1.62. The molecule has 0 radical (unpaired) electrons. The lowest BCUT2D eigenvalue weighted by molar-refractivity contribution is 0.227. The highest BCUT2D eigenvalue weighted by molar-refractivity contribution is 6.31. The van der Waals surface area contributed by atoms with Gasteiger partial charge in [-0.15, -0.1) is 0 Å². The van der Waals surface area contributed by atoms with Crippen molar-refractivity contribution in [1.29, 1.82) is 0 Å². The van der Waals surface area contributed by atoms with E-state index in [1.54, 1.807) is 0 Å². The highest BCUT2D eigenvalue weighted by atomic mass is 35.5. The summed E-state index contributed by atoms with van der Waals surface area (Å²) >= 11 is 6.23. The van der Waals surface area contributed by atoms with Crippen molar-refractivity contribution >= 4 is 11.6 Å². The van der Waals surface area contributed by atoms with Crippen molar-refractivity contribution in [2.75, 3.05) is 20.1 Å². The molecule has 1 aliphatic carbocycles. The van der Waals surface area contributed by atoms with Crippen LogP contribution in [0.2, 0.25) is 5.02 Å². The van der Waals surface area contributed by atoms with Gasteiger partial charge in [-0.05, 0) is 56.4 Å². The Morgan fingerprint density at radius 1 is 1.22 bits per heavy atom. The third-order valence-electron chi connectivity index (χ3n) is 4.63. The highest BCUT2D eigenvalue weighted by Crippen LogP contribution is 2.37. The molecule has 3 heteroatoms. The first kappa shape index (κ1) is 12.5. The monoisotopic (exact) mass is 264 g/mol. The lowest BCUT2D eigenvalue weighted by Crippen LogP contribution is -2.30. The van der Waals surface area contributed by atoms with Gasteiger partial charge in [0.15, 0.2) is 0 Å². The molecule has 0 amide bonds. The number of benzene rings is 1. The zero-order valence-corrected chi connectivity index (χ0v) is 11.7. The summed E-state index contributed by atoms with van der Waals surface area (Å²) in [4.78, 5) is 2.49. The molecule has 2 fully saturated rings. The van der Waals surface area contributed by atoms with Crippen LogP contribution in [-0.4, -0.2) is 31.1 Å². The molecule has 0 spiro atoms. The van der Waals surface area contributed by atoms with Crippen LogP contribution < -0.4 is 5.32 Å². The van der Waals surface area contributed by atoms with Crippen LogP contribution in [0, 0.1) is 11.8 Å². The zero-order chi connectivity index (χ0) is 12.5. The molecular weight excluding hydrogens is 244 g/mol. The maximum Gasteiger partial charge on any atom is 0.0451 e. The van der Waals surface area contributed by atoms with Crippen molar-refractivity contribution in [3.8, 4) is 0 Å². The summed E-state index contributed by atoms with van der Waals surface area (Å²) in [6.07, 6.45) is 2.69. The molecule has 1 aromatic rings. The summed E-state index contributed by atoms with van der Waals surface area (Å²) in [5, 5.41) is 4.40. The largest absolute Gasteiger partial charge is 0.316 e. The number of nitrogens with one attached hydrogen (secondary N) is 1. The van der Waals surface area contributed by atoms with Gasteiger partial charge in [-0.1, -0.05) is 29.8 Å². The molecule has 2 aliphatic rings. The van der Waals surface area contributed by atoms with Gasteiger partial charge in [-0.3, -0.25) is 4.90 Å². The lowest BCUT2D eigenvalue weighted by atomic mass is 10.0. The number of rotatable bonds is 3. The van der Waals surface area contributed by atoms with Crippen molar-refractivity contribution in [2.24, 2.45) is 11.8 Å². The number of fused-ring (bicyclic) bond motifs is 1. The summed E-state index contributed by atoms with van der Waals surface area (Å²) in [7, 11) is 2.24. The second-order valence-corrected chi connectivity index (χ2v) is 6.22. The van der Waals surface area contributed by atoms with Crippen LogP contribution in [0.3, 0.4) is 0 Å². The van der Waals surface area contributed by atoms with E-state index in [2.05, 4.69) is 29.4 Å². The first-order valence-corrected chi connectivity index (χ1v) is 7.26. The van der Waals surface area contributed by atoms with E-state index in [9.17, 15) is 0 Å². The second-order valence-electron chi connectivity index (χ2n) is 5.81. The van der Waals surface area contributed by atoms with Crippen molar-refractivity contribution in [2.45, 2.75) is 25.4 Å². The molecule has 3 atom stereocenters. The molecule has 0 unspecified atom stereocenters. The minimum absolute atomic E-state index is 0.735. The van der Waals surface area contributed by atoms with E-state index >= 15 is 0 Å².